The second-order valence-electron chi connectivity index (χ2n) is 6.26. The molecule has 0 aliphatic heterocycles. The molecule has 0 radical (unpaired) electrons. The molecule has 1 aliphatic rings. The van der Waals surface area contributed by atoms with Gasteiger partial charge in [-0.15, -0.1) is 0 Å². The summed E-state index contributed by atoms with van der Waals surface area (Å²) in [6, 6.07) is 19.9. The molecule has 0 aromatic heterocycles. The van der Waals surface area contributed by atoms with E-state index in [1.807, 2.05) is 48.5 Å². The van der Waals surface area contributed by atoms with Crippen LogP contribution in [0.25, 0.3) is 0 Å². The maximum Gasteiger partial charge on any atom is 0.407 e. The second-order valence-corrected chi connectivity index (χ2v) is 6.26. The Hall–Kier alpha value is -2.84. The molecule has 0 atom stereocenters. The summed E-state index contributed by atoms with van der Waals surface area (Å²) in [4.78, 5) is 11.8. The molecule has 1 aliphatic carbocycles. The van der Waals surface area contributed by atoms with E-state index < -0.39 is 0 Å². The number of carbonyl (C=O) groups excluding carboxylic acids is 1. The number of hydrogen-bond acceptors (Lipinski definition) is 4. The fourth-order valence-electron chi connectivity index (χ4n) is 2.85. The third-order valence-electron chi connectivity index (χ3n) is 4.32. The van der Waals surface area contributed by atoms with E-state index in [0.717, 1.165) is 30.5 Å². The van der Waals surface area contributed by atoms with Crippen molar-refractivity contribution in [2.24, 2.45) is 0 Å². The highest BCUT2D eigenvalue weighted by Crippen LogP contribution is 2.20. The number of ether oxygens (including phenoxy) is 1. The molecule has 2 aromatic rings. The van der Waals surface area contributed by atoms with Crippen molar-refractivity contribution in [1.29, 1.82) is 5.26 Å². The van der Waals surface area contributed by atoms with Gasteiger partial charge in [0.15, 0.2) is 0 Å². The minimum absolute atomic E-state index is 0.159. The molecule has 0 unspecified atom stereocenters. The van der Waals surface area contributed by atoms with Crippen LogP contribution in [0.2, 0.25) is 0 Å². The Bertz CT molecular complexity index is 749. The van der Waals surface area contributed by atoms with Gasteiger partial charge in [0.05, 0.1) is 11.6 Å². The van der Waals surface area contributed by atoms with Crippen molar-refractivity contribution in [3.63, 3.8) is 0 Å². The van der Waals surface area contributed by atoms with Gasteiger partial charge in [-0.2, -0.15) is 5.26 Å². The topological polar surface area (TPSA) is 74.2 Å². The van der Waals surface area contributed by atoms with Crippen molar-refractivity contribution in [2.75, 3.05) is 0 Å². The summed E-state index contributed by atoms with van der Waals surface area (Å²) in [5, 5.41) is 15.2. The van der Waals surface area contributed by atoms with Crippen molar-refractivity contribution in [2.45, 2.75) is 38.1 Å². The Labute approximate surface area is 147 Å². The first-order valence-corrected chi connectivity index (χ1v) is 8.42. The number of nitriles is 1. The molecule has 25 heavy (non-hydrogen) atoms. The molecule has 5 heteroatoms. The van der Waals surface area contributed by atoms with Crippen LogP contribution in [0.3, 0.4) is 0 Å². The van der Waals surface area contributed by atoms with E-state index in [-0.39, 0.29) is 18.7 Å². The average molecular weight is 335 g/mol. The molecule has 1 saturated carbocycles. The molecule has 3 rings (SSSR count). The maximum atomic E-state index is 11.8. The van der Waals surface area contributed by atoms with Crippen molar-refractivity contribution in [1.82, 2.24) is 10.6 Å². The van der Waals surface area contributed by atoms with E-state index in [1.54, 1.807) is 6.07 Å². The van der Waals surface area contributed by atoms with Gasteiger partial charge in [0.25, 0.3) is 0 Å². The number of hydrogen-bond donors (Lipinski definition) is 2. The van der Waals surface area contributed by atoms with Gasteiger partial charge in [0.1, 0.15) is 6.61 Å². The number of amides is 1. The number of carbonyl (C=O) groups is 1. The normalized spacial score (nSPS) is 18.7. The Morgan fingerprint density at radius 2 is 1.84 bits per heavy atom. The molecule has 0 bridgehead atoms. The first kappa shape index (κ1) is 17.0. The van der Waals surface area contributed by atoms with Crippen LogP contribution < -0.4 is 10.6 Å². The van der Waals surface area contributed by atoms with Crippen LogP contribution in [0.1, 0.15) is 29.5 Å². The van der Waals surface area contributed by atoms with E-state index in [4.69, 9.17) is 10.00 Å². The number of alkyl carbamates (subject to hydrolysis) is 1. The monoisotopic (exact) mass is 335 g/mol. The van der Waals surface area contributed by atoms with Crippen LogP contribution in [-0.2, 0) is 17.9 Å². The summed E-state index contributed by atoms with van der Waals surface area (Å²) in [5.41, 5.74) is 2.75. The highest BCUT2D eigenvalue weighted by atomic mass is 16.5. The van der Waals surface area contributed by atoms with Crippen molar-refractivity contribution >= 4 is 6.09 Å². The fraction of sp³-hybridized carbons (Fsp3) is 0.300. The summed E-state index contributed by atoms with van der Waals surface area (Å²) < 4.78 is 5.22. The molecule has 2 N–H and O–H groups in total. The van der Waals surface area contributed by atoms with Gasteiger partial charge >= 0.3 is 6.09 Å². The number of nitrogens with one attached hydrogen (secondary N) is 2. The number of rotatable bonds is 6. The van der Waals surface area contributed by atoms with Crippen LogP contribution in [0, 0.1) is 11.3 Å². The molecule has 0 saturated heterocycles. The summed E-state index contributed by atoms with van der Waals surface area (Å²) in [6.07, 6.45) is 1.41. The third-order valence-corrected chi connectivity index (χ3v) is 4.32. The number of nitrogens with zero attached hydrogens (tertiary/aromatic N) is 1. The van der Waals surface area contributed by atoms with Crippen LogP contribution in [0.5, 0.6) is 0 Å². The quantitative estimate of drug-likeness (QED) is 0.851. The molecule has 1 fully saturated rings. The smallest absolute Gasteiger partial charge is 0.407 e. The van der Waals surface area contributed by atoms with E-state index in [9.17, 15) is 4.79 Å². The van der Waals surface area contributed by atoms with Crippen molar-refractivity contribution in [3.8, 4) is 6.07 Å². The fourth-order valence-corrected chi connectivity index (χ4v) is 2.85. The molecule has 1 amide bonds. The first-order chi connectivity index (χ1) is 12.2. The molecule has 128 valence electrons. The van der Waals surface area contributed by atoms with Gasteiger partial charge in [-0.25, -0.2) is 4.79 Å². The Kier molecular flexibility index (Phi) is 5.65. The Balaban J connectivity index is 1.32. The zero-order chi connectivity index (χ0) is 17.5. The van der Waals surface area contributed by atoms with E-state index in [2.05, 4.69) is 16.7 Å². The van der Waals surface area contributed by atoms with Gasteiger partial charge in [-0.05, 0) is 36.1 Å². The lowest BCUT2D eigenvalue weighted by Crippen LogP contribution is -2.52. The average Bonchev–Trinajstić information content (AvgIpc) is 2.62. The molecule has 0 heterocycles. The van der Waals surface area contributed by atoms with E-state index >= 15 is 0 Å². The van der Waals surface area contributed by atoms with Crippen LogP contribution in [-0.4, -0.2) is 18.2 Å². The predicted octanol–water partition coefficient (Wildman–Crippen LogP) is 3.11. The zero-order valence-electron chi connectivity index (χ0n) is 13.9. The Morgan fingerprint density at radius 1 is 1.08 bits per heavy atom. The lowest BCUT2D eigenvalue weighted by molar-refractivity contribution is 0.125. The van der Waals surface area contributed by atoms with Crippen molar-refractivity contribution in [3.05, 3.63) is 71.3 Å². The van der Waals surface area contributed by atoms with Crippen LogP contribution >= 0.6 is 0 Å². The second kappa shape index (κ2) is 8.32. The van der Waals surface area contributed by atoms with E-state index in [1.165, 1.54) is 0 Å². The van der Waals surface area contributed by atoms with Gasteiger partial charge in [-0.3, -0.25) is 0 Å². The highest BCUT2D eigenvalue weighted by molar-refractivity contribution is 5.67. The molecular formula is C20H21N3O2. The molecule has 2 aromatic carbocycles. The van der Waals surface area contributed by atoms with Gasteiger partial charge in [0.2, 0.25) is 0 Å². The standard InChI is InChI=1S/C20H21N3O2/c21-12-16-7-4-8-17(9-16)13-22-18-10-19(11-18)23-20(24)25-14-15-5-2-1-3-6-15/h1-9,18-19,22H,10-11,13-14H2,(H,23,24). The Morgan fingerprint density at radius 3 is 2.60 bits per heavy atom. The zero-order valence-corrected chi connectivity index (χ0v) is 13.9. The van der Waals surface area contributed by atoms with Crippen molar-refractivity contribution < 1.29 is 9.53 Å². The maximum absolute atomic E-state index is 11.8. The summed E-state index contributed by atoms with van der Waals surface area (Å²) in [5.74, 6) is 0. The summed E-state index contributed by atoms with van der Waals surface area (Å²) in [7, 11) is 0. The van der Waals surface area contributed by atoms with Gasteiger partial charge < -0.3 is 15.4 Å². The van der Waals surface area contributed by atoms with Gasteiger partial charge in [0, 0.05) is 18.6 Å². The van der Waals surface area contributed by atoms with E-state index in [0.29, 0.717) is 11.6 Å². The molecule has 0 spiro atoms. The lowest BCUT2D eigenvalue weighted by Gasteiger charge is -2.36. The lowest BCUT2D eigenvalue weighted by atomic mass is 9.86. The minimum Gasteiger partial charge on any atom is -0.445 e. The largest absolute Gasteiger partial charge is 0.445 e. The predicted molar refractivity (Wildman–Crippen MR) is 94.6 cm³/mol. The molecular weight excluding hydrogens is 314 g/mol. The van der Waals surface area contributed by atoms with Gasteiger partial charge in [-0.1, -0.05) is 42.5 Å². The third kappa shape index (κ3) is 5.07. The highest BCUT2D eigenvalue weighted by Gasteiger charge is 2.30. The SMILES string of the molecule is N#Cc1cccc(CNC2CC(NC(=O)OCc3ccccc3)C2)c1. The minimum atomic E-state index is -0.367. The first-order valence-electron chi connectivity index (χ1n) is 8.42. The molecule has 5 nitrogen and oxygen atoms in total. The van der Waals surface area contributed by atoms with Crippen LogP contribution in [0.15, 0.2) is 54.6 Å². The summed E-state index contributed by atoms with van der Waals surface area (Å²) >= 11 is 0. The van der Waals surface area contributed by atoms with Crippen LogP contribution in [0.4, 0.5) is 4.79 Å². The summed E-state index contributed by atoms with van der Waals surface area (Å²) in [6.45, 7) is 1.02. The number of benzene rings is 2.